The zero-order chi connectivity index (χ0) is 24.0. The van der Waals surface area contributed by atoms with Crippen LogP contribution in [0.4, 0.5) is 18.9 Å². The van der Waals surface area contributed by atoms with Crippen LogP contribution < -0.4 is 10.2 Å². The lowest BCUT2D eigenvalue weighted by atomic mass is 9.94. The van der Waals surface area contributed by atoms with Gasteiger partial charge in [0.05, 0.1) is 23.8 Å². The van der Waals surface area contributed by atoms with Crippen molar-refractivity contribution in [2.24, 2.45) is 9.98 Å². The average Bonchev–Trinajstić information content (AvgIpc) is 3.27. The predicted octanol–water partition coefficient (Wildman–Crippen LogP) is 5.02. The molecule has 0 spiro atoms. The minimum atomic E-state index is -4.38. The van der Waals surface area contributed by atoms with Gasteiger partial charge in [-0.1, -0.05) is 24.3 Å². The summed E-state index contributed by atoms with van der Waals surface area (Å²) in [4.78, 5) is 13.7. The molecule has 1 unspecified atom stereocenters. The fourth-order valence-corrected chi connectivity index (χ4v) is 4.94. The molecule has 178 valence electrons. The van der Waals surface area contributed by atoms with E-state index < -0.39 is 11.7 Å². The number of hydrogen-bond donors (Lipinski definition) is 1. The molecule has 34 heavy (non-hydrogen) atoms. The highest BCUT2D eigenvalue weighted by molar-refractivity contribution is 6.18. The molecule has 2 aromatic carbocycles. The van der Waals surface area contributed by atoms with Gasteiger partial charge in [-0.15, -0.1) is 0 Å². The molecule has 1 atom stereocenters. The Morgan fingerprint density at radius 1 is 1.12 bits per heavy atom. The number of guanidine groups is 1. The third-order valence-electron chi connectivity index (χ3n) is 6.86. The SMILES string of the molecule is Cc1c(C(C)NC2=NC3=NCCN3c3ccc(C4=CCN(C)CC4)cc32)cccc1C(F)(F)F. The molecule has 1 N–H and O–H groups in total. The molecule has 0 saturated carbocycles. The molecule has 0 aromatic heterocycles. The number of nitrogens with zero attached hydrogens (tertiary/aromatic N) is 4. The van der Waals surface area contributed by atoms with Crippen molar-refractivity contribution in [3.63, 3.8) is 0 Å². The first-order chi connectivity index (χ1) is 16.2. The Hall–Kier alpha value is -3.13. The van der Waals surface area contributed by atoms with Gasteiger partial charge >= 0.3 is 6.18 Å². The number of alkyl halides is 3. The summed E-state index contributed by atoms with van der Waals surface area (Å²) in [6, 6.07) is 10.4. The van der Waals surface area contributed by atoms with Crippen molar-refractivity contribution < 1.29 is 13.2 Å². The number of anilines is 1. The molecule has 8 heteroatoms. The second-order valence-corrected chi connectivity index (χ2v) is 9.15. The summed E-state index contributed by atoms with van der Waals surface area (Å²) in [7, 11) is 2.11. The van der Waals surface area contributed by atoms with E-state index in [1.807, 2.05) is 6.92 Å². The number of halogens is 3. The van der Waals surface area contributed by atoms with Crippen LogP contribution in [-0.2, 0) is 6.18 Å². The largest absolute Gasteiger partial charge is 0.416 e. The number of hydrogen-bond acceptors (Lipinski definition) is 5. The minimum absolute atomic E-state index is 0.233. The Morgan fingerprint density at radius 2 is 1.94 bits per heavy atom. The van der Waals surface area contributed by atoms with E-state index in [4.69, 9.17) is 4.99 Å². The summed E-state index contributed by atoms with van der Waals surface area (Å²) in [5.74, 6) is 1.29. The average molecular weight is 468 g/mol. The molecule has 5 nitrogen and oxygen atoms in total. The minimum Gasteiger partial charge on any atom is -0.363 e. The molecule has 0 aliphatic carbocycles. The van der Waals surface area contributed by atoms with Crippen LogP contribution in [0.3, 0.4) is 0 Å². The van der Waals surface area contributed by atoms with Crippen molar-refractivity contribution in [2.75, 3.05) is 38.1 Å². The molecule has 3 heterocycles. The maximum atomic E-state index is 13.5. The van der Waals surface area contributed by atoms with Crippen molar-refractivity contribution in [1.29, 1.82) is 0 Å². The van der Waals surface area contributed by atoms with Crippen LogP contribution in [0.5, 0.6) is 0 Å². The van der Waals surface area contributed by atoms with Gasteiger partial charge in [0.25, 0.3) is 0 Å². The van der Waals surface area contributed by atoms with Gasteiger partial charge in [0, 0.05) is 25.2 Å². The topological polar surface area (TPSA) is 43.2 Å². The first-order valence-corrected chi connectivity index (χ1v) is 11.6. The number of aliphatic imine (C=N–C) groups is 2. The van der Waals surface area contributed by atoms with Crippen molar-refractivity contribution in [1.82, 2.24) is 10.2 Å². The normalized spacial score (nSPS) is 19.1. The predicted molar refractivity (Wildman–Crippen MR) is 130 cm³/mol. The van der Waals surface area contributed by atoms with Crippen molar-refractivity contribution in [3.8, 4) is 0 Å². The lowest BCUT2D eigenvalue weighted by Crippen LogP contribution is -2.38. The summed E-state index contributed by atoms with van der Waals surface area (Å²) < 4.78 is 40.4. The van der Waals surface area contributed by atoms with E-state index in [1.165, 1.54) is 18.6 Å². The van der Waals surface area contributed by atoms with Crippen LogP contribution in [0, 0.1) is 6.92 Å². The fraction of sp³-hybridized carbons (Fsp3) is 0.385. The van der Waals surface area contributed by atoms with E-state index in [1.54, 1.807) is 6.07 Å². The highest BCUT2D eigenvalue weighted by Crippen LogP contribution is 2.36. The van der Waals surface area contributed by atoms with E-state index in [9.17, 15) is 13.2 Å². The van der Waals surface area contributed by atoms with Gasteiger partial charge in [-0.3, -0.25) is 0 Å². The highest BCUT2D eigenvalue weighted by atomic mass is 19.4. The Morgan fingerprint density at radius 3 is 2.68 bits per heavy atom. The summed E-state index contributed by atoms with van der Waals surface area (Å²) in [5, 5.41) is 3.41. The Balaban J connectivity index is 1.51. The Bertz CT molecular complexity index is 1210. The van der Waals surface area contributed by atoms with Gasteiger partial charge in [0.15, 0.2) is 0 Å². The maximum Gasteiger partial charge on any atom is 0.416 e. The summed E-state index contributed by atoms with van der Waals surface area (Å²) >= 11 is 0. The highest BCUT2D eigenvalue weighted by Gasteiger charge is 2.34. The second kappa shape index (κ2) is 8.58. The molecule has 5 rings (SSSR count). The zero-order valence-corrected chi connectivity index (χ0v) is 19.6. The van der Waals surface area contributed by atoms with Crippen LogP contribution >= 0.6 is 0 Å². The molecular formula is C26H28F3N5. The maximum absolute atomic E-state index is 13.5. The summed E-state index contributed by atoms with van der Waals surface area (Å²) in [6.07, 6.45) is -1.15. The van der Waals surface area contributed by atoms with Crippen molar-refractivity contribution in [3.05, 3.63) is 70.3 Å². The first kappa shape index (κ1) is 22.7. The lowest BCUT2D eigenvalue weighted by molar-refractivity contribution is -0.138. The third-order valence-corrected chi connectivity index (χ3v) is 6.86. The number of fused-ring (bicyclic) bond motifs is 3. The summed E-state index contributed by atoms with van der Waals surface area (Å²) in [5.41, 5.74) is 4.67. The monoisotopic (exact) mass is 467 g/mol. The van der Waals surface area contributed by atoms with E-state index in [0.717, 1.165) is 48.9 Å². The zero-order valence-electron chi connectivity index (χ0n) is 19.6. The van der Waals surface area contributed by atoms with Crippen molar-refractivity contribution >= 4 is 23.1 Å². The van der Waals surface area contributed by atoms with E-state index in [-0.39, 0.29) is 11.6 Å². The van der Waals surface area contributed by atoms with Crippen LogP contribution in [0.25, 0.3) is 5.57 Å². The smallest absolute Gasteiger partial charge is 0.363 e. The molecule has 0 fully saturated rings. The first-order valence-electron chi connectivity index (χ1n) is 11.6. The van der Waals surface area contributed by atoms with E-state index in [0.29, 0.717) is 23.9 Å². The molecule has 0 radical (unpaired) electrons. The quantitative estimate of drug-likeness (QED) is 0.690. The van der Waals surface area contributed by atoms with Crippen LogP contribution in [0.15, 0.2) is 52.5 Å². The van der Waals surface area contributed by atoms with Gasteiger partial charge in [-0.25, -0.2) is 4.99 Å². The fourth-order valence-electron chi connectivity index (χ4n) is 4.94. The molecule has 3 aliphatic heterocycles. The van der Waals surface area contributed by atoms with Gasteiger partial charge in [0.2, 0.25) is 5.96 Å². The van der Waals surface area contributed by atoms with Crippen LogP contribution in [0.2, 0.25) is 0 Å². The summed E-state index contributed by atoms with van der Waals surface area (Å²) in [6.45, 7) is 6.77. The van der Waals surface area contributed by atoms with E-state index >= 15 is 0 Å². The van der Waals surface area contributed by atoms with Crippen LogP contribution in [-0.4, -0.2) is 49.9 Å². The van der Waals surface area contributed by atoms with Gasteiger partial charge in [-0.05, 0) is 67.8 Å². The Labute approximate surface area is 197 Å². The van der Waals surface area contributed by atoms with E-state index in [2.05, 4.69) is 51.4 Å². The van der Waals surface area contributed by atoms with Gasteiger partial charge < -0.3 is 15.1 Å². The lowest BCUT2D eigenvalue weighted by Gasteiger charge is -2.30. The van der Waals surface area contributed by atoms with Gasteiger partial charge in [0.1, 0.15) is 5.84 Å². The third kappa shape index (κ3) is 4.11. The molecule has 0 saturated heterocycles. The van der Waals surface area contributed by atoms with Gasteiger partial charge in [-0.2, -0.15) is 18.2 Å². The van der Waals surface area contributed by atoms with Crippen LogP contribution in [0.1, 0.15) is 47.2 Å². The Kier molecular flexibility index (Phi) is 5.72. The number of amidine groups is 1. The molecular weight excluding hydrogens is 439 g/mol. The second-order valence-electron chi connectivity index (χ2n) is 9.15. The number of nitrogens with one attached hydrogen (secondary N) is 1. The number of likely N-dealkylation sites (N-methyl/N-ethyl adjacent to an activating group) is 1. The molecule has 2 aromatic rings. The molecule has 3 aliphatic rings. The number of benzene rings is 2. The van der Waals surface area contributed by atoms with Crippen molar-refractivity contribution in [2.45, 2.75) is 32.5 Å². The standard InChI is InChI=1S/C26H28F3N5/c1-16-20(5-4-6-22(16)26(27,28)29)17(2)31-24-21-15-19(18-9-12-33(3)13-10-18)7-8-23(21)34-14-11-30-25(34)32-24/h4-9,15,17H,10-14H2,1-3H3,(H,30,31,32). The molecule has 0 bridgehead atoms. The number of rotatable bonds is 3. The molecule has 0 amide bonds.